The van der Waals surface area contributed by atoms with E-state index < -0.39 is 0 Å². The molecule has 0 radical (unpaired) electrons. The Balaban J connectivity index is 2.12. The predicted octanol–water partition coefficient (Wildman–Crippen LogP) is 0.753. The summed E-state index contributed by atoms with van der Waals surface area (Å²) in [6.45, 7) is 5.83. The minimum atomic E-state index is -0.335. The Morgan fingerprint density at radius 1 is 1.47 bits per heavy atom. The van der Waals surface area contributed by atoms with Crippen molar-refractivity contribution in [1.82, 2.24) is 14.7 Å². The summed E-state index contributed by atoms with van der Waals surface area (Å²) in [4.78, 5) is 2.12. The van der Waals surface area contributed by atoms with E-state index in [0.717, 1.165) is 19.5 Å². The molecule has 0 spiro atoms. The van der Waals surface area contributed by atoms with Crippen LogP contribution in [-0.2, 0) is 20.0 Å². The molecule has 2 rings (SSSR count). The number of rotatable bonds is 2. The Bertz CT molecular complexity index is 346. The van der Waals surface area contributed by atoms with Gasteiger partial charge in [0.2, 0.25) is 0 Å². The number of aryl methyl sites for hydroxylation is 1. The third-order valence-electron chi connectivity index (χ3n) is 3.13. The summed E-state index contributed by atoms with van der Waals surface area (Å²) in [5.41, 5.74) is 2.56. The summed E-state index contributed by atoms with van der Waals surface area (Å²) >= 11 is 0. The largest absolute Gasteiger partial charge is 0.378 e. The summed E-state index contributed by atoms with van der Waals surface area (Å²) in [6.07, 6.45) is 2.56. The number of aliphatic hydroxyl groups is 1. The van der Waals surface area contributed by atoms with Crippen molar-refractivity contribution >= 4 is 0 Å². The molecule has 0 fully saturated rings. The van der Waals surface area contributed by atoms with Crippen molar-refractivity contribution in [2.24, 2.45) is 13.0 Å². The molecular weight excluding hydrogens is 190 g/mol. The Morgan fingerprint density at radius 2 is 2.20 bits per heavy atom. The molecule has 1 aromatic rings. The third kappa shape index (κ3) is 1.92. The highest BCUT2D eigenvalue weighted by atomic mass is 16.3. The molecule has 0 amide bonds. The van der Waals surface area contributed by atoms with Gasteiger partial charge in [0.05, 0.1) is 6.20 Å². The van der Waals surface area contributed by atoms with Gasteiger partial charge >= 0.3 is 0 Å². The zero-order valence-electron chi connectivity index (χ0n) is 9.64. The highest BCUT2D eigenvalue weighted by Crippen LogP contribution is 2.21. The first-order valence-corrected chi connectivity index (χ1v) is 5.51. The number of aromatic nitrogens is 2. The molecule has 1 atom stereocenters. The normalized spacial score (nSPS) is 19.3. The molecule has 4 heteroatoms. The fourth-order valence-corrected chi connectivity index (χ4v) is 2.16. The van der Waals surface area contributed by atoms with Crippen LogP contribution in [0.2, 0.25) is 0 Å². The molecule has 0 aromatic carbocycles. The standard InChI is InChI=1S/C11H19N3O/c1-8(2)11(15)14-5-4-10-9(7-14)6-12-13(10)3/h6,8,11,15H,4-5,7H2,1-3H3. The van der Waals surface area contributed by atoms with Crippen molar-refractivity contribution in [3.05, 3.63) is 17.5 Å². The molecule has 84 valence electrons. The zero-order valence-corrected chi connectivity index (χ0v) is 9.64. The molecule has 1 aliphatic rings. The van der Waals surface area contributed by atoms with Gasteiger partial charge in [-0.2, -0.15) is 5.10 Å². The first-order chi connectivity index (χ1) is 7.09. The number of fused-ring (bicyclic) bond motifs is 1. The lowest BCUT2D eigenvalue weighted by atomic mass is 10.1. The second kappa shape index (κ2) is 3.94. The van der Waals surface area contributed by atoms with Gasteiger partial charge in [0.15, 0.2) is 0 Å². The van der Waals surface area contributed by atoms with Crippen LogP contribution < -0.4 is 0 Å². The smallest absolute Gasteiger partial charge is 0.110 e. The van der Waals surface area contributed by atoms with Crippen LogP contribution in [-0.4, -0.2) is 32.6 Å². The van der Waals surface area contributed by atoms with Gasteiger partial charge in [0, 0.05) is 37.8 Å². The van der Waals surface area contributed by atoms with Crippen molar-refractivity contribution < 1.29 is 5.11 Å². The molecule has 0 bridgehead atoms. The van der Waals surface area contributed by atoms with Crippen LogP contribution in [0.1, 0.15) is 25.1 Å². The van der Waals surface area contributed by atoms with Crippen LogP contribution in [0.4, 0.5) is 0 Å². The fourth-order valence-electron chi connectivity index (χ4n) is 2.16. The highest BCUT2D eigenvalue weighted by Gasteiger charge is 2.25. The molecule has 4 nitrogen and oxygen atoms in total. The van der Waals surface area contributed by atoms with Crippen LogP contribution in [0.5, 0.6) is 0 Å². The lowest BCUT2D eigenvalue weighted by molar-refractivity contribution is -0.0382. The Labute approximate surface area is 90.5 Å². The first-order valence-electron chi connectivity index (χ1n) is 5.51. The summed E-state index contributed by atoms with van der Waals surface area (Å²) in [5, 5.41) is 14.2. The van der Waals surface area contributed by atoms with E-state index in [2.05, 4.69) is 10.00 Å². The lowest BCUT2D eigenvalue weighted by Gasteiger charge is -2.33. The Morgan fingerprint density at radius 3 is 2.87 bits per heavy atom. The summed E-state index contributed by atoms with van der Waals surface area (Å²) in [5.74, 6) is 0.281. The number of aliphatic hydroxyl groups excluding tert-OH is 1. The van der Waals surface area contributed by atoms with E-state index in [-0.39, 0.29) is 12.1 Å². The second-order valence-electron chi connectivity index (χ2n) is 4.62. The molecule has 0 aliphatic carbocycles. The first kappa shape index (κ1) is 10.6. The van der Waals surface area contributed by atoms with Crippen LogP contribution in [0.15, 0.2) is 6.20 Å². The maximum atomic E-state index is 9.98. The van der Waals surface area contributed by atoms with Gasteiger partial charge in [-0.05, 0) is 5.92 Å². The molecular formula is C11H19N3O. The molecule has 1 aliphatic heterocycles. The summed E-state index contributed by atoms with van der Waals surface area (Å²) in [7, 11) is 1.98. The van der Waals surface area contributed by atoms with Gasteiger partial charge in [0.25, 0.3) is 0 Å². The van der Waals surface area contributed by atoms with E-state index in [0.29, 0.717) is 0 Å². The van der Waals surface area contributed by atoms with E-state index in [1.54, 1.807) is 0 Å². The average Bonchev–Trinajstić information content (AvgIpc) is 2.59. The number of nitrogens with zero attached hydrogens (tertiary/aromatic N) is 3. The number of hydrogen-bond donors (Lipinski definition) is 1. The fraction of sp³-hybridized carbons (Fsp3) is 0.727. The van der Waals surface area contributed by atoms with E-state index in [4.69, 9.17) is 0 Å². The van der Waals surface area contributed by atoms with Crippen molar-refractivity contribution in [1.29, 1.82) is 0 Å². The molecule has 1 unspecified atom stereocenters. The van der Waals surface area contributed by atoms with Crippen molar-refractivity contribution in [3.63, 3.8) is 0 Å². The quantitative estimate of drug-likeness (QED) is 0.781. The molecule has 0 saturated carbocycles. The summed E-state index contributed by atoms with van der Waals surface area (Å²) in [6, 6.07) is 0. The van der Waals surface area contributed by atoms with Crippen LogP contribution >= 0.6 is 0 Å². The van der Waals surface area contributed by atoms with Gasteiger partial charge in [-0.15, -0.1) is 0 Å². The van der Waals surface area contributed by atoms with Crippen LogP contribution in [0.3, 0.4) is 0 Å². The average molecular weight is 209 g/mol. The summed E-state index contributed by atoms with van der Waals surface area (Å²) < 4.78 is 1.94. The number of hydrogen-bond acceptors (Lipinski definition) is 3. The molecule has 1 aromatic heterocycles. The van der Waals surface area contributed by atoms with Gasteiger partial charge in [-0.1, -0.05) is 13.8 Å². The van der Waals surface area contributed by atoms with Crippen molar-refractivity contribution in [2.75, 3.05) is 6.54 Å². The van der Waals surface area contributed by atoms with Crippen LogP contribution in [0.25, 0.3) is 0 Å². The zero-order chi connectivity index (χ0) is 11.0. The Hall–Kier alpha value is -0.870. The highest BCUT2D eigenvalue weighted by molar-refractivity contribution is 5.20. The maximum absolute atomic E-state index is 9.98. The lowest BCUT2D eigenvalue weighted by Crippen LogP contribution is -2.42. The topological polar surface area (TPSA) is 41.3 Å². The molecule has 2 heterocycles. The van der Waals surface area contributed by atoms with E-state index in [1.807, 2.05) is 31.8 Å². The Kier molecular flexibility index (Phi) is 2.80. The van der Waals surface area contributed by atoms with Crippen molar-refractivity contribution in [3.8, 4) is 0 Å². The van der Waals surface area contributed by atoms with Gasteiger partial charge in [0.1, 0.15) is 6.23 Å². The molecule has 15 heavy (non-hydrogen) atoms. The third-order valence-corrected chi connectivity index (χ3v) is 3.13. The predicted molar refractivity (Wildman–Crippen MR) is 58.2 cm³/mol. The van der Waals surface area contributed by atoms with Gasteiger partial charge < -0.3 is 5.11 Å². The minimum absolute atomic E-state index is 0.281. The minimum Gasteiger partial charge on any atom is -0.378 e. The molecule has 0 saturated heterocycles. The van der Waals surface area contributed by atoms with Gasteiger partial charge in [-0.3, -0.25) is 9.58 Å². The van der Waals surface area contributed by atoms with Crippen molar-refractivity contribution in [2.45, 2.75) is 33.0 Å². The van der Waals surface area contributed by atoms with E-state index in [9.17, 15) is 5.11 Å². The maximum Gasteiger partial charge on any atom is 0.110 e. The van der Waals surface area contributed by atoms with Gasteiger partial charge in [-0.25, -0.2) is 0 Å². The monoisotopic (exact) mass is 209 g/mol. The SMILES string of the molecule is CC(C)C(O)N1CCc2c(cnn2C)C1. The van der Waals surface area contributed by atoms with E-state index >= 15 is 0 Å². The van der Waals surface area contributed by atoms with E-state index in [1.165, 1.54) is 11.3 Å². The molecule has 1 N–H and O–H groups in total. The second-order valence-corrected chi connectivity index (χ2v) is 4.62. The van der Waals surface area contributed by atoms with Crippen LogP contribution in [0, 0.1) is 5.92 Å².